The van der Waals surface area contributed by atoms with Gasteiger partial charge in [0, 0.05) is 31.4 Å². The number of nitrogens with one attached hydrogen (secondary N) is 1. The van der Waals surface area contributed by atoms with E-state index in [1.54, 1.807) is 18.2 Å². The fourth-order valence-electron chi connectivity index (χ4n) is 4.58. The Hall–Kier alpha value is -5.05. The van der Waals surface area contributed by atoms with Crippen molar-refractivity contribution in [2.45, 2.75) is 31.3 Å². The predicted molar refractivity (Wildman–Crippen MR) is 160 cm³/mol. The highest BCUT2D eigenvalue weighted by Gasteiger charge is 2.42. The highest BCUT2D eigenvalue weighted by molar-refractivity contribution is 7.90. The molecule has 1 amide bonds. The fraction of sp³-hybridized carbons (Fsp3) is 0.194. The molecule has 9 nitrogen and oxygen atoms in total. The zero-order valence-electron chi connectivity index (χ0n) is 24.7. The first-order valence-corrected chi connectivity index (χ1v) is 15.2. The number of ether oxygens (including phenoxy) is 2. The predicted octanol–water partition coefficient (Wildman–Crippen LogP) is 6.38. The van der Waals surface area contributed by atoms with E-state index in [2.05, 4.69) is 9.84 Å². The van der Waals surface area contributed by atoms with Crippen molar-refractivity contribution >= 4 is 33.0 Å². The molecule has 0 aliphatic carbocycles. The van der Waals surface area contributed by atoms with Gasteiger partial charge in [-0.2, -0.15) is 22.7 Å². The first kappa shape index (κ1) is 33.8. The summed E-state index contributed by atoms with van der Waals surface area (Å²) >= 11 is 0. The Labute approximate surface area is 260 Å². The van der Waals surface area contributed by atoms with Crippen LogP contribution >= 0.6 is 0 Å². The van der Waals surface area contributed by atoms with Crippen molar-refractivity contribution in [3.63, 3.8) is 0 Å². The summed E-state index contributed by atoms with van der Waals surface area (Å²) in [6.45, 7) is -0.465. The summed E-state index contributed by atoms with van der Waals surface area (Å²) in [4.78, 5) is 11.5. The van der Waals surface area contributed by atoms with Crippen LogP contribution in [0.15, 0.2) is 71.6 Å². The molecule has 1 aromatic heterocycles. The second-order valence-electron chi connectivity index (χ2n) is 10.2. The summed E-state index contributed by atoms with van der Waals surface area (Å²) in [5.41, 5.74) is 5.62. The molecule has 0 saturated heterocycles. The Balaban J connectivity index is 2.04. The Morgan fingerprint density at radius 1 is 1.02 bits per heavy atom. The van der Waals surface area contributed by atoms with Crippen LogP contribution in [-0.2, 0) is 32.3 Å². The SMILES string of the molecule is CC(=N)O/C(=C(\C)c1ccc(OC(F)F)c(F)c1)c1cc(-c2cccc(S(C)(=O)=O)c2)ccc1-c1cc(C(F)(F)C(N)=O)nn1C. The highest BCUT2D eigenvalue weighted by atomic mass is 32.2. The standard InChI is InChI=1S/C31H27F5N4O5S/c1-16(18-9-11-26(24(32)14-18)45-30(33)34)28(44-17(2)37)23-13-20(19-6-5-7-21(12-19)46(4,42)43)8-10-22(23)25-15-27(39-40(25)3)31(35,36)29(38)41/h5-15,30,37H,1-4H3,(H2,38,41)/b28-16+,37-17?. The van der Waals surface area contributed by atoms with Gasteiger partial charge in [-0.3, -0.25) is 14.9 Å². The Morgan fingerprint density at radius 2 is 1.70 bits per heavy atom. The number of carbonyl (C=O) groups is 1. The van der Waals surface area contributed by atoms with Crippen LogP contribution in [0.5, 0.6) is 5.75 Å². The second kappa shape index (κ2) is 12.7. The molecular formula is C31H27F5N4O5S. The smallest absolute Gasteiger partial charge is 0.387 e. The first-order chi connectivity index (χ1) is 21.4. The minimum Gasteiger partial charge on any atom is -0.443 e. The van der Waals surface area contributed by atoms with E-state index >= 15 is 0 Å². The number of benzene rings is 3. The lowest BCUT2D eigenvalue weighted by Gasteiger charge is -2.19. The van der Waals surface area contributed by atoms with Crippen LogP contribution in [0.4, 0.5) is 22.0 Å². The number of rotatable bonds is 10. The molecule has 0 aliphatic rings. The van der Waals surface area contributed by atoms with E-state index in [4.69, 9.17) is 15.9 Å². The van der Waals surface area contributed by atoms with E-state index in [-0.39, 0.29) is 44.5 Å². The molecule has 0 fully saturated rings. The summed E-state index contributed by atoms with van der Waals surface area (Å²) in [7, 11) is -2.24. The number of allylic oxidation sites excluding steroid dienone is 1. The number of sulfone groups is 1. The lowest BCUT2D eigenvalue weighted by atomic mass is 9.93. The van der Waals surface area contributed by atoms with Gasteiger partial charge in [0.25, 0.3) is 5.91 Å². The molecule has 242 valence electrons. The number of nitrogens with zero attached hydrogens (tertiary/aromatic N) is 2. The molecule has 0 aliphatic heterocycles. The van der Waals surface area contributed by atoms with Crippen LogP contribution < -0.4 is 10.5 Å². The number of primary amides is 1. The molecule has 1 heterocycles. The van der Waals surface area contributed by atoms with Gasteiger partial charge >= 0.3 is 12.5 Å². The molecule has 3 N–H and O–H groups in total. The normalized spacial score (nSPS) is 12.6. The molecule has 3 aromatic carbocycles. The molecule has 0 saturated carbocycles. The molecular weight excluding hydrogens is 635 g/mol. The van der Waals surface area contributed by atoms with E-state index in [9.17, 15) is 35.2 Å². The van der Waals surface area contributed by atoms with Gasteiger partial charge in [-0.05, 0) is 65.6 Å². The van der Waals surface area contributed by atoms with Crippen LogP contribution in [0.2, 0.25) is 0 Å². The van der Waals surface area contributed by atoms with Crippen LogP contribution in [0, 0.1) is 11.2 Å². The Morgan fingerprint density at radius 3 is 2.28 bits per heavy atom. The lowest BCUT2D eigenvalue weighted by molar-refractivity contribution is -0.143. The topological polar surface area (TPSA) is 137 Å². The number of aromatic nitrogens is 2. The van der Waals surface area contributed by atoms with Crippen molar-refractivity contribution < 1.29 is 44.6 Å². The molecule has 0 atom stereocenters. The fourth-order valence-corrected chi connectivity index (χ4v) is 5.25. The largest absolute Gasteiger partial charge is 0.443 e. The van der Waals surface area contributed by atoms with Gasteiger partial charge in [0.15, 0.2) is 27.3 Å². The summed E-state index contributed by atoms with van der Waals surface area (Å²) in [6.07, 6.45) is 1.05. The van der Waals surface area contributed by atoms with Crippen molar-refractivity contribution in [2.24, 2.45) is 12.8 Å². The molecule has 0 bridgehead atoms. The quantitative estimate of drug-likeness (QED) is 0.0665. The Kier molecular flexibility index (Phi) is 9.38. The van der Waals surface area contributed by atoms with Gasteiger partial charge < -0.3 is 15.2 Å². The van der Waals surface area contributed by atoms with Crippen molar-refractivity contribution in [1.82, 2.24) is 9.78 Å². The zero-order valence-corrected chi connectivity index (χ0v) is 25.6. The summed E-state index contributed by atoms with van der Waals surface area (Å²) in [5.74, 6) is -8.23. The maximum absolute atomic E-state index is 14.8. The van der Waals surface area contributed by atoms with Crippen LogP contribution in [-0.4, -0.2) is 42.9 Å². The minimum absolute atomic E-state index is 0.0284. The minimum atomic E-state index is -4.11. The van der Waals surface area contributed by atoms with Gasteiger partial charge in [0.05, 0.1) is 10.6 Å². The van der Waals surface area contributed by atoms with Crippen LogP contribution in [0.25, 0.3) is 33.7 Å². The van der Waals surface area contributed by atoms with Gasteiger partial charge in [-0.1, -0.05) is 30.3 Å². The molecule has 15 heteroatoms. The third kappa shape index (κ3) is 7.09. The number of nitrogens with two attached hydrogens (primary N) is 1. The zero-order chi connectivity index (χ0) is 34.1. The maximum atomic E-state index is 14.8. The monoisotopic (exact) mass is 662 g/mol. The van der Waals surface area contributed by atoms with Gasteiger partial charge in [-0.15, -0.1) is 0 Å². The third-order valence-electron chi connectivity index (χ3n) is 6.82. The van der Waals surface area contributed by atoms with Crippen LogP contribution in [0.3, 0.4) is 0 Å². The highest BCUT2D eigenvalue weighted by Crippen LogP contribution is 2.39. The maximum Gasteiger partial charge on any atom is 0.387 e. The van der Waals surface area contributed by atoms with Crippen molar-refractivity contribution in [3.8, 4) is 28.1 Å². The van der Waals surface area contributed by atoms with E-state index in [1.165, 1.54) is 51.2 Å². The molecule has 0 unspecified atom stereocenters. The third-order valence-corrected chi connectivity index (χ3v) is 7.93. The number of hydrogen-bond acceptors (Lipinski definition) is 7. The average Bonchev–Trinajstić information content (AvgIpc) is 3.37. The summed E-state index contributed by atoms with van der Waals surface area (Å²) in [6, 6.07) is 14.8. The van der Waals surface area contributed by atoms with E-state index in [0.29, 0.717) is 11.1 Å². The van der Waals surface area contributed by atoms with E-state index < -0.39 is 45.5 Å². The number of amides is 1. The summed E-state index contributed by atoms with van der Waals surface area (Å²) in [5, 5.41) is 11.9. The van der Waals surface area contributed by atoms with Crippen molar-refractivity contribution in [1.29, 1.82) is 5.41 Å². The number of carbonyl (C=O) groups excluding carboxylic acids is 1. The Bertz CT molecular complexity index is 1990. The molecule has 4 aromatic rings. The molecule has 4 rings (SSSR count). The number of aryl methyl sites for hydroxylation is 1. The van der Waals surface area contributed by atoms with Gasteiger partial charge in [0.2, 0.25) is 0 Å². The summed E-state index contributed by atoms with van der Waals surface area (Å²) < 4.78 is 105. The lowest BCUT2D eigenvalue weighted by Crippen LogP contribution is -2.33. The van der Waals surface area contributed by atoms with Gasteiger partial charge in [0.1, 0.15) is 11.5 Å². The number of alkyl halides is 4. The van der Waals surface area contributed by atoms with E-state index in [0.717, 1.165) is 29.1 Å². The van der Waals surface area contributed by atoms with Crippen LogP contribution in [0.1, 0.15) is 30.7 Å². The number of hydrogen-bond donors (Lipinski definition) is 2. The molecule has 0 spiro atoms. The first-order valence-electron chi connectivity index (χ1n) is 13.3. The molecule has 0 radical (unpaired) electrons. The second-order valence-corrected chi connectivity index (χ2v) is 12.2. The average molecular weight is 663 g/mol. The van der Waals surface area contributed by atoms with Crippen molar-refractivity contribution in [2.75, 3.05) is 6.26 Å². The number of halogens is 5. The van der Waals surface area contributed by atoms with Gasteiger partial charge in [-0.25, -0.2) is 12.8 Å². The molecule has 46 heavy (non-hydrogen) atoms. The van der Waals surface area contributed by atoms with E-state index in [1.807, 2.05) is 0 Å². The van der Waals surface area contributed by atoms with Crippen molar-refractivity contribution in [3.05, 3.63) is 89.4 Å².